The van der Waals surface area contributed by atoms with Gasteiger partial charge < -0.3 is 14.6 Å². The lowest BCUT2D eigenvalue weighted by atomic mass is 10.0. The van der Waals surface area contributed by atoms with Gasteiger partial charge in [-0.1, -0.05) is 97.1 Å². The van der Waals surface area contributed by atoms with E-state index in [2.05, 4.69) is 0 Å². The van der Waals surface area contributed by atoms with E-state index in [-0.39, 0.29) is 5.78 Å². The molecule has 0 aliphatic carbocycles. The van der Waals surface area contributed by atoms with Gasteiger partial charge in [-0.3, -0.25) is 9.59 Å². The predicted octanol–water partition coefficient (Wildman–Crippen LogP) is 8.09. The van der Waals surface area contributed by atoms with E-state index >= 15 is 0 Å². The van der Waals surface area contributed by atoms with E-state index in [1.165, 1.54) is 11.8 Å². The van der Waals surface area contributed by atoms with Gasteiger partial charge in [0.2, 0.25) is 0 Å². The number of benzene rings is 5. The molecule has 0 aromatic heterocycles. The summed E-state index contributed by atoms with van der Waals surface area (Å²) in [5.74, 6) is 1.45. The van der Waals surface area contributed by atoms with Crippen LogP contribution < -0.4 is 9.47 Å². The smallest absolute Gasteiger partial charge is 0.316 e. The second-order valence-corrected chi connectivity index (χ2v) is 12.0. The monoisotopic (exact) mass is 616 g/mol. The van der Waals surface area contributed by atoms with E-state index in [1.807, 2.05) is 121 Å². The van der Waals surface area contributed by atoms with Gasteiger partial charge in [-0.15, -0.1) is 11.8 Å². The Bertz CT molecular complexity index is 1630. The Morgan fingerprint density at radius 1 is 0.578 bits per heavy atom. The van der Waals surface area contributed by atoms with Crippen LogP contribution in [-0.2, 0) is 30.7 Å². The Labute approximate surface area is 268 Å². The molecular weight excluding hydrogens is 580 g/mol. The van der Waals surface area contributed by atoms with Crippen LogP contribution in [0.1, 0.15) is 38.2 Å². The summed E-state index contributed by atoms with van der Waals surface area (Å²) in [6, 6.07) is 42.6. The zero-order valence-corrected chi connectivity index (χ0v) is 25.8. The van der Waals surface area contributed by atoms with Gasteiger partial charge >= 0.3 is 5.97 Å². The zero-order chi connectivity index (χ0) is 31.3. The van der Waals surface area contributed by atoms with Crippen molar-refractivity contribution in [3.05, 3.63) is 167 Å². The molecule has 0 saturated carbocycles. The van der Waals surface area contributed by atoms with Crippen LogP contribution in [0.25, 0.3) is 0 Å². The average molecular weight is 617 g/mol. The van der Waals surface area contributed by atoms with Gasteiger partial charge in [0.25, 0.3) is 0 Å². The summed E-state index contributed by atoms with van der Waals surface area (Å²) < 4.78 is 11.8. The van der Waals surface area contributed by atoms with E-state index in [0.717, 1.165) is 46.6 Å². The van der Waals surface area contributed by atoms with E-state index in [1.54, 1.807) is 12.1 Å². The minimum absolute atomic E-state index is 0.0127. The van der Waals surface area contributed by atoms with Gasteiger partial charge in [-0.2, -0.15) is 0 Å². The molecule has 5 rings (SSSR count). The third-order valence-corrected chi connectivity index (χ3v) is 8.62. The van der Waals surface area contributed by atoms with Crippen molar-refractivity contribution in [2.24, 2.45) is 0 Å². The van der Waals surface area contributed by atoms with Crippen molar-refractivity contribution in [3.63, 3.8) is 0 Å². The molecule has 5 nitrogen and oxygen atoms in total. The van der Waals surface area contributed by atoms with Crippen LogP contribution in [-0.4, -0.2) is 34.5 Å². The minimum atomic E-state index is -0.793. The lowest BCUT2D eigenvalue weighted by molar-refractivity contribution is -0.136. The van der Waals surface area contributed by atoms with Crippen LogP contribution >= 0.6 is 11.8 Å². The maximum atomic E-state index is 12.6. The molecule has 0 bridgehead atoms. The first-order valence-corrected chi connectivity index (χ1v) is 16.1. The van der Waals surface area contributed by atoms with Crippen LogP contribution in [0, 0.1) is 0 Å². The Morgan fingerprint density at radius 3 is 1.78 bits per heavy atom. The van der Waals surface area contributed by atoms with Gasteiger partial charge in [0, 0.05) is 17.5 Å². The van der Waals surface area contributed by atoms with E-state index in [0.29, 0.717) is 36.5 Å². The molecule has 1 unspecified atom stereocenters. The first-order valence-electron chi connectivity index (χ1n) is 15.0. The number of ether oxygens (including phenoxy) is 2. The fraction of sp³-hybridized carbons (Fsp3) is 0.179. The van der Waals surface area contributed by atoms with Crippen molar-refractivity contribution in [3.8, 4) is 11.5 Å². The van der Waals surface area contributed by atoms with Crippen LogP contribution in [0.2, 0.25) is 0 Å². The number of hydrogen-bond donors (Lipinski definition) is 1. The molecule has 45 heavy (non-hydrogen) atoms. The number of carboxylic acids is 1. The molecule has 5 aromatic rings. The fourth-order valence-corrected chi connectivity index (χ4v) is 5.92. The molecule has 0 fully saturated rings. The molecular formula is C39H36O5S. The summed E-state index contributed by atoms with van der Waals surface area (Å²) in [7, 11) is 0. The van der Waals surface area contributed by atoms with Crippen LogP contribution in [0.15, 0.2) is 133 Å². The highest BCUT2D eigenvalue weighted by Gasteiger charge is 2.18. The Hall–Kier alpha value is -4.81. The molecule has 228 valence electrons. The number of carbonyl (C=O) groups excluding carboxylic acids is 1. The lowest BCUT2D eigenvalue weighted by Gasteiger charge is -2.13. The quantitative estimate of drug-likeness (QED) is 0.113. The van der Waals surface area contributed by atoms with Gasteiger partial charge in [0.1, 0.15) is 23.4 Å². The Morgan fingerprint density at radius 2 is 1.11 bits per heavy atom. The van der Waals surface area contributed by atoms with Crippen molar-refractivity contribution in [1.29, 1.82) is 0 Å². The Kier molecular flexibility index (Phi) is 11.5. The van der Waals surface area contributed by atoms with E-state index in [9.17, 15) is 14.7 Å². The molecule has 1 N–H and O–H groups in total. The van der Waals surface area contributed by atoms with Crippen molar-refractivity contribution in [2.75, 3.05) is 12.4 Å². The normalized spacial score (nSPS) is 11.5. The van der Waals surface area contributed by atoms with Gasteiger partial charge in [-0.05, 0) is 77.2 Å². The first-order chi connectivity index (χ1) is 22.0. The zero-order valence-electron chi connectivity index (χ0n) is 25.0. The molecule has 0 radical (unpaired) electrons. The molecule has 0 aliphatic heterocycles. The van der Waals surface area contributed by atoms with Gasteiger partial charge in [0.15, 0.2) is 5.78 Å². The first kappa shape index (κ1) is 31.6. The summed E-state index contributed by atoms with van der Waals surface area (Å²) in [4.78, 5) is 24.6. The van der Waals surface area contributed by atoms with E-state index < -0.39 is 11.2 Å². The molecule has 6 heteroatoms. The maximum Gasteiger partial charge on any atom is 0.316 e. The molecule has 1 atom stereocenters. The topological polar surface area (TPSA) is 72.8 Å². The third kappa shape index (κ3) is 9.85. The number of hydrogen-bond acceptors (Lipinski definition) is 5. The number of aliphatic carboxylic acids is 1. The summed E-state index contributed by atoms with van der Waals surface area (Å²) in [5, 5.41) is 9.32. The number of carboxylic acid groups (broad SMARTS) is 1. The van der Waals surface area contributed by atoms with Crippen LogP contribution in [0.3, 0.4) is 0 Å². The number of ketones is 1. The Balaban J connectivity index is 1.03. The average Bonchev–Trinajstić information content (AvgIpc) is 3.09. The summed E-state index contributed by atoms with van der Waals surface area (Å²) in [5.41, 5.74) is 5.68. The predicted molar refractivity (Wildman–Crippen MR) is 180 cm³/mol. The van der Waals surface area contributed by atoms with Crippen molar-refractivity contribution < 1.29 is 24.2 Å². The second kappa shape index (κ2) is 16.3. The molecule has 0 heterocycles. The number of aryl methyl sites for hydroxylation is 1. The number of thioether (sulfide) groups is 1. The van der Waals surface area contributed by atoms with Crippen molar-refractivity contribution >= 4 is 23.5 Å². The van der Waals surface area contributed by atoms with Gasteiger partial charge in [-0.25, -0.2) is 0 Å². The highest BCUT2D eigenvalue weighted by molar-refractivity contribution is 8.00. The van der Waals surface area contributed by atoms with Crippen molar-refractivity contribution in [2.45, 2.75) is 31.1 Å². The molecule has 5 aromatic carbocycles. The largest absolute Gasteiger partial charge is 0.493 e. The van der Waals surface area contributed by atoms with E-state index in [4.69, 9.17) is 9.47 Å². The highest BCUT2D eigenvalue weighted by Crippen LogP contribution is 2.21. The van der Waals surface area contributed by atoms with Crippen LogP contribution in [0.4, 0.5) is 0 Å². The SMILES string of the molecule is O=C(c1ccccc1)c1ccc(OCCc2ccc(CC(SCCc3ccc(OCc4ccccc4)cc3)C(=O)O)cc2)cc1. The molecule has 0 saturated heterocycles. The molecule has 0 spiro atoms. The third-order valence-electron chi connectivity index (χ3n) is 7.41. The molecule has 0 aliphatic rings. The number of rotatable bonds is 16. The lowest BCUT2D eigenvalue weighted by Crippen LogP contribution is -2.20. The van der Waals surface area contributed by atoms with Crippen LogP contribution in [0.5, 0.6) is 11.5 Å². The van der Waals surface area contributed by atoms with Gasteiger partial charge in [0.05, 0.1) is 6.61 Å². The molecule has 0 amide bonds. The van der Waals surface area contributed by atoms with Crippen molar-refractivity contribution in [1.82, 2.24) is 0 Å². The maximum absolute atomic E-state index is 12.6. The summed E-state index contributed by atoms with van der Waals surface area (Å²) in [6.45, 7) is 1.03. The fourth-order valence-electron chi connectivity index (χ4n) is 4.83. The summed E-state index contributed by atoms with van der Waals surface area (Å²) >= 11 is 1.48. The number of carbonyl (C=O) groups is 2. The summed E-state index contributed by atoms with van der Waals surface area (Å²) in [6.07, 6.45) is 1.98. The second-order valence-electron chi connectivity index (χ2n) is 10.7. The highest BCUT2D eigenvalue weighted by atomic mass is 32.2. The standard InChI is InChI=1S/C39H36O5S/c40-38(33-9-5-2-6-10-33)34-17-21-35(22-18-34)43-25-23-29-11-13-31(14-12-29)27-37(39(41)42)45-26-24-30-15-19-36(20-16-30)44-28-32-7-3-1-4-8-32/h1-22,37H,23-28H2,(H,41,42). The minimum Gasteiger partial charge on any atom is -0.493 e.